The summed E-state index contributed by atoms with van der Waals surface area (Å²) in [7, 11) is 3.06. The first-order valence-corrected chi connectivity index (χ1v) is 8.12. The van der Waals surface area contributed by atoms with Crippen molar-refractivity contribution in [3.8, 4) is 11.5 Å². The van der Waals surface area contributed by atoms with Crippen LogP contribution in [0, 0.1) is 13.8 Å². The average Bonchev–Trinajstić information content (AvgIpc) is 2.65. The number of carbonyl (C=O) groups excluding carboxylic acids is 2. The fourth-order valence-corrected chi connectivity index (χ4v) is 2.38. The number of aryl methyl sites for hydroxylation is 2. The molecule has 0 radical (unpaired) electrons. The lowest BCUT2D eigenvalue weighted by Gasteiger charge is -2.09. The molecule has 0 fully saturated rings. The molecule has 0 aliphatic carbocycles. The van der Waals surface area contributed by atoms with Crippen molar-refractivity contribution in [1.82, 2.24) is 0 Å². The second-order valence-corrected chi connectivity index (χ2v) is 5.75. The second-order valence-electron chi connectivity index (χ2n) is 5.75. The Labute approximate surface area is 153 Å². The minimum absolute atomic E-state index is 0.242. The lowest BCUT2D eigenvalue weighted by Crippen LogP contribution is -2.12. The molecule has 0 heterocycles. The van der Waals surface area contributed by atoms with E-state index in [0.717, 1.165) is 11.1 Å². The molecular formula is C21H22O5. The van der Waals surface area contributed by atoms with Crippen molar-refractivity contribution in [2.45, 2.75) is 13.8 Å². The smallest absolute Gasteiger partial charge is 0.331 e. The number of para-hydroxylation sites is 1. The van der Waals surface area contributed by atoms with Crippen LogP contribution in [0.4, 0.5) is 0 Å². The van der Waals surface area contributed by atoms with E-state index in [4.69, 9.17) is 14.2 Å². The Bertz CT molecular complexity index is 836. The highest BCUT2D eigenvalue weighted by Gasteiger charge is 2.10. The molecule has 0 N–H and O–H groups in total. The molecule has 2 rings (SSSR count). The van der Waals surface area contributed by atoms with Crippen LogP contribution in [0.25, 0.3) is 6.08 Å². The highest BCUT2D eigenvalue weighted by Crippen LogP contribution is 2.31. The molecule has 0 saturated carbocycles. The summed E-state index contributed by atoms with van der Waals surface area (Å²) in [5, 5.41) is 0. The number of rotatable bonds is 7. The predicted molar refractivity (Wildman–Crippen MR) is 99.8 cm³/mol. The number of hydrogen-bond donors (Lipinski definition) is 0. The Hall–Kier alpha value is -3.08. The van der Waals surface area contributed by atoms with Crippen molar-refractivity contribution in [2.24, 2.45) is 0 Å². The van der Waals surface area contributed by atoms with E-state index < -0.39 is 5.97 Å². The van der Waals surface area contributed by atoms with Crippen LogP contribution in [0.2, 0.25) is 0 Å². The third-order valence-corrected chi connectivity index (χ3v) is 4.01. The van der Waals surface area contributed by atoms with Crippen LogP contribution < -0.4 is 9.47 Å². The number of esters is 1. The third kappa shape index (κ3) is 4.72. The standard InChI is InChI=1S/C21H22O5/c1-14-8-9-17(12-15(14)2)18(22)13-26-20(23)11-10-16-6-5-7-19(24-3)21(16)25-4/h5-12H,13H2,1-4H3/b11-10+. The molecule has 0 amide bonds. The van der Waals surface area contributed by atoms with Gasteiger partial charge in [-0.15, -0.1) is 0 Å². The van der Waals surface area contributed by atoms with Gasteiger partial charge in [0.25, 0.3) is 0 Å². The van der Waals surface area contributed by atoms with E-state index in [-0.39, 0.29) is 12.4 Å². The van der Waals surface area contributed by atoms with E-state index in [1.54, 1.807) is 36.4 Å². The molecular weight excluding hydrogens is 332 g/mol. The van der Waals surface area contributed by atoms with Crippen molar-refractivity contribution >= 4 is 17.8 Å². The van der Waals surface area contributed by atoms with Crippen LogP contribution >= 0.6 is 0 Å². The van der Waals surface area contributed by atoms with Gasteiger partial charge in [0.2, 0.25) is 0 Å². The molecule has 0 aromatic heterocycles. The van der Waals surface area contributed by atoms with Crippen LogP contribution in [0.5, 0.6) is 11.5 Å². The summed E-state index contributed by atoms with van der Waals surface area (Å²) in [4.78, 5) is 24.0. The number of benzene rings is 2. The quantitative estimate of drug-likeness (QED) is 0.430. The Morgan fingerprint density at radius 3 is 2.42 bits per heavy atom. The zero-order valence-corrected chi connectivity index (χ0v) is 15.4. The molecule has 0 saturated heterocycles. The van der Waals surface area contributed by atoms with Crippen LogP contribution in [-0.2, 0) is 9.53 Å². The van der Waals surface area contributed by atoms with E-state index in [0.29, 0.717) is 22.6 Å². The van der Waals surface area contributed by atoms with Crippen molar-refractivity contribution < 1.29 is 23.8 Å². The lowest BCUT2D eigenvalue weighted by atomic mass is 10.0. The summed E-state index contributed by atoms with van der Waals surface area (Å²) in [6.45, 7) is 3.60. The molecule has 2 aromatic carbocycles. The first-order valence-electron chi connectivity index (χ1n) is 8.12. The van der Waals surface area contributed by atoms with Crippen LogP contribution in [0.1, 0.15) is 27.0 Å². The Morgan fingerprint density at radius 1 is 1.00 bits per heavy atom. The minimum atomic E-state index is -0.605. The Morgan fingerprint density at radius 2 is 1.77 bits per heavy atom. The number of hydrogen-bond acceptors (Lipinski definition) is 5. The van der Waals surface area contributed by atoms with E-state index in [1.165, 1.54) is 20.3 Å². The topological polar surface area (TPSA) is 61.8 Å². The number of ketones is 1. The summed E-state index contributed by atoms with van der Waals surface area (Å²) < 4.78 is 15.5. The third-order valence-electron chi connectivity index (χ3n) is 4.01. The van der Waals surface area contributed by atoms with Gasteiger partial charge < -0.3 is 14.2 Å². The van der Waals surface area contributed by atoms with Crippen LogP contribution in [-0.4, -0.2) is 32.6 Å². The molecule has 0 aliphatic rings. The molecule has 26 heavy (non-hydrogen) atoms. The average molecular weight is 354 g/mol. The maximum atomic E-state index is 12.1. The summed E-state index contributed by atoms with van der Waals surface area (Å²) in [5.41, 5.74) is 3.32. The van der Waals surface area contributed by atoms with Gasteiger partial charge in [0, 0.05) is 17.2 Å². The summed E-state index contributed by atoms with van der Waals surface area (Å²) in [6, 6.07) is 10.7. The van der Waals surface area contributed by atoms with E-state index in [2.05, 4.69) is 0 Å². The van der Waals surface area contributed by atoms with Crippen molar-refractivity contribution in [3.05, 3.63) is 64.7 Å². The number of carbonyl (C=O) groups is 2. The highest BCUT2D eigenvalue weighted by molar-refractivity contribution is 5.99. The zero-order chi connectivity index (χ0) is 19.1. The predicted octanol–water partition coefficient (Wildman–Crippen LogP) is 3.76. The first-order chi connectivity index (χ1) is 12.5. The van der Waals surface area contributed by atoms with Gasteiger partial charge >= 0.3 is 5.97 Å². The van der Waals surface area contributed by atoms with Gasteiger partial charge in [-0.05, 0) is 43.2 Å². The highest BCUT2D eigenvalue weighted by atomic mass is 16.5. The van der Waals surface area contributed by atoms with Crippen LogP contribution in [0.3, 0.4) is 0 Å². The molecule has 0 bridgehead atoms. The minimum Gasteiger partial charge on any atom is -0.493 e. The van der Waals surface area contributed by atoms with Gasteiger partial charge in [-0.2, -0.15) is 0 Å². The van der Waals surface area contributed by atoms with Crippen molar-refractivity contribution in [3.63, 3.8) is 0 Å². The Kier molecular flexibility index (Phi) is 6.55. The molecule has 0 aliphatic heterocycles. The molecule has 0 atom stereocenters. The van der Waals surface area contributed by atoms with Gasteiger partial charge in [0.15, 0.2) is 23.9 Å². The monoisotopic (exact) mass is 354 g/mol. The number of Topliss-reactive ketones (excluding diaryl/α,β-unsaturated/α-hetero) is 1. The fourth-order valence-electron chi connectivity index (χ4n) is 2.38. The number of ether oxygens (including phenoxy) is 3. The SMILES string of the molecule is COc1cccc(/C=C/C(=O)OCC(=O)c2ccc(C)c(C)c2)c1OC. The fraction of sp³-hybridized carbons (Fsp3) is 0.238. The van der Waals surface area contributed by atoms with Crippen LogP contribution in [0.15, 0.2) is 42.5 Å². The van der Waals surface area contributed by atoms with E-state index >= 15 is 0 Å². The van der Waals surface area contributed by atoms with E-state index in [1.807, 2.05) is 19.9 Å². The Balaban J connectivity index is 1.99. The molecule has 0 unspecified atom stereocenters. The lowest BCUT2D eigenvalue weighted by molar-refractivity contribution is -0.136. The number of methoxy groups -OCH3 is 2. The maximum absolute atomic E-state index is 12.1. The molecule has 136 valence electrons. The van der Waals surface area contributed by atoms with Gasteiger partial charge in [-0.3, -0.25) is 4.79 Å². The first kappa shape index (κ1) is 19.2. The van der Waals surface area contributed by atoms with Gasteiger partial charge in [-0.1, -0.05) is 24.3 Å². The van der Waals surface area contributed by atoms with Gasteiger partial charge in [0.05, 0.1) is 14.2 Å². The summed E-state index contributed by atoms with van der Waals surface area (Å²) in [6.07, 6.45) is 2.81. The molecule has 5 nitrogen and oxygen atoms in total. The van der Waals surface area contributed by atoms with Gasteiger partial charge in [0.1, 0.15) is 0 Å². The second kappa shape index (κ2) is 8.85. The molecule has 5 heteroatoms. The zero-order valence-electron chi connectivity index (χ0n) is 15.4. The summed E-state index contributed by atoms with van der Waals surface area (Å²) in [5.74, 6) is 0.235. The van der Waals surface area contributed by atoms with E-state index in [9.17, 15) is 9.59 Å². The summed E-state index contributed by atoms with van der Waals surface area (Å²) >= 11 is 0. The van der Waals surface area contributed by atoms with Crippen molar-refractivity contribution in [1.29, 1.82) is 0 Å². The van der Waals surface area contributed by atoms with Crippen molar-refractivity contribution in [2.75, 3.05) is 20.8 Å². The maximum Gasteiger partial charge on any atom is 0.331 e. The van der Waals surface area contributed by atoms with Gasteiger partial charge in [-0.25, -0.2) is 4.79 Å². The molecule has 2 aromatic rings. The molecule has 0 spiro atoms. The normalized spacial score (nSPS) is 10.6. The largest absolute Gasteiger partial charge is 0.493 e.